The minimum atomic E-state index is -0.584. The number of carbonyl (C=O) groups excluding carboxylic acids is 1. The quantitative estimate of drug-likeness (QED) is 0.0714. The van der Waals surface area contributed by atoms with Gasteiger partial charge in [0.25, 0.3) is 0 Å². The lowest BCUT2D eigenvalue weighted by molar-refractivity contribution is -0.164. The molecule has 0 saturated carbocycles. The number of rotatable bonds is 17. The molecule has 0 aromatic heterocycles. The molecule has 0 spiro atoms. The predicted molar refractivity (Wildman–Crippen MR) is 165 cm³/mol. The van der Waals surface area contributed by atoms with Crippen LogP contribution in [0, 0.1) is 0 Å². The van der Waals surface area contributed by atoms with Crippen LogP contribution in [0.1, 0.15) is 72.6 Å². The molecule has 1 unspecified atom stereocenters. The molecule has 218 valence electrons. The number of unbranched alkanes of at least 4 members (excludes halogenated alkanes) is 4. The fourth-order valence-corrected chi connectivity index (χ4v) is 4.17. The normalized spacial score (nSPS) is 12.1. The monoisotopic (exact) mass is 557 g/mol. The van der Waals surface area contributed by atoms with Gasteiger partial charge < -0.3 is 14.4 Å². The van der Waals surface area contributed by atoms with Crippen LogP contribution in [0.3, 0.4) is 0 Å². The molecule has 0 amide bonds. The van der Waals surface area contributed by atoms with Crippen molar-refractivity contribution in [3.8, 4) is 5.75 Å². The maximum atomic E-state index is 11.9. The fourth-order valence-electron chi connectivity index (χ4n) is 4.17. The van der Waals surface area contributed by atoms with Gasteiger partial charge in [0.2, 0.25) is 6.29 Å². The summed E-state index contributed by atoms with van der Waals surface area (Å²) in [4.78, 5) is 14.1. The van der Waals surface area contributed by atoms with Crippen LogP contribution in [0.4, 0.5) is 28.4 Å². The highest BCUT2D eigenvalue weighted by Crippen LogP contribution is 2.26. The molecule has 0 fully saturated rings. The van der Waals surface area contributed by atoms with Crippen molar-refractivity contribution < 1.29 is 14.3 Å². The molecular weight excluding hydrogens is 514 g/mol. The third-order valence-electron chi connectivity index (χ3n) is 6.59. The number of nitrogens with zero attached hydrogens (tertiary/aromatic N) is 5. The van der Waals surface area contributed by atoms with E-state index >= 15 is 0 Å². The van der Waals surface area contributed by atoms with Crippen LogP contribution in [0.2, 0.25) is 0 Å². The number of azo groups is 2. The summed E-state index contributed by atoms with van der Waals surface area (Å²) >= 11 is 0. The molecule has 1 atom stereocenters. The Bertz CT molecular complexity index is 1220. The van der Waals surface area contributed by atoms with Crippen LogP contribution in [0.5, 0.6) is 5.75 Å². The number of anilines is 1. The lowest BCUT2D eigenvalue weighted by Gasteiger charge is -2.20. The minimum absolute atomic E-state index is 0.258. The van der Waals surface area contributed by atoms with Crippen molar-refractivity contribution >= 4 is 34.4 Å². The molecule has 0 N–H and O–H groups in total. The summed E-state index contributed by atoms with van der Waals surface area (Å²) in [5.41, 5.74) is 4.12. The second-order valence-corrected chi connectivity index (χ2v) is 9.69. The van der Waals surface area contributed by atoms with Crippen molar-refractivity contribution in [3.05, 3.63) is 72.8 Å². The van der Waals surface area contributed by atoms with Gasteiger partial charge >= 0.3 is 5.97 Å². The van der Waals surface area contributed by atoms with E-state index in [0.29, 0.717) is 30.0 Å². The zero-order valence-corrected chi connectivity index (χ0v) is 24.8. The third kappa shape index (κ3) is 11.1. The van der Waals surface area contributed by atoms with Crippen molar-refractivity contribution in [2.45, 2.75) is 78.9 Å². The van der Waals surface area contributed by atoms with E-state index in [9.17, 15) is 4.79 Å². The topological polar surface area (TPSA) is 88.2 Å². The van der Waals surface area contributed by atoms with Gasteiger partial charge in [-0.3, -0.25) is 4.79 Å². The molecule has 0 heterocycles. The van der Waals surface area contributed by atoms with Crippen molar-refractivity contribution in [3.63, 3.8) is 0 Å². The SMILES string of the molecule is CCCCCCCC(OC(=O)CC)Oc1ccc(/N=N/c2ccc(/N=N/c3ccc(N(CC)CC)cc3)cc2)cc1. The third-order valence-corrected chi connectivity index (χ3v) is 6.59. The second kappa shape index (κ2) is 17.6. The van der Waals surface area contributed by atoms with E-state index in [1.54, 1.807) is 6.92 Å². The zero-order valence-electron chi connectivity index (χ0n) is 24.8. The van der Waals surface area contributed by atoms with Gasteiger partial charge in [0.05, 0.1) is 22.7 Å². The highest BCUT2D eigenvalue weighted by Gasteiger charge is 2.15. The van der Waals surface area contributed by atoms with Crippen molar-refractivity contribution in [1.82, 2.24) is 0 Å². The van der Waals surface area contributed by atoms with Crippen molar-refractivity contribution in [1.29, 1.82) is 0 Å². The van der Waals surface area contributed by atoms with Gasteiger partial charge in [-0.1, -0.05) is 39.5 Å². The Kier molecular flexibility index (Phi) is 13.5. The zero-order chi connectivity index (χ0) is 29.3. The first-order valence-corrected chi connectivity index (χ1v) is 14.8. The molecule has 0 bridgehead atoms. The summed E-state index contributed by atoms with van der Waals surface area (Å²) in [5, 5.41) is 17.3. The lowest BCUT2D eigenvalue weighted by Crippen LogP contribution is -2.24. The molecule has 0 aliphatic carbocycles. The Hall–Kier alpha value is -4.07. The van der Waals surface area contributed by atoms with Crippen molar-refractivity contribution in [2.24, 2.45) is 20.5 Å². The molecule has 0 aliphatic rings. The Morgan fingerprint density at radius 3 is 1.59 bits per heavy atom. The molecule has 3 aromatic carbocycles. The highest BCUT2D eigenvalue weighted by atomic mass is 16.7. The Morgan fingerprint density at radius 1 is 0.659 bits per heavy atom. The van der Waals surface area contributed by atoms with Gasteiger partial charge in [-0.15, -0.1) is 0 Å². The summed E-state index contributed by atoms with van der Waals surface area (Å²) < 4.78 is 11.5. The largest absolute Gasteiger partial charge is 0.455 e. The fraction of sp³-hybridized carbons (Fsp3) is 0.424. The van der Waals surface area contributed by atoms with Crippen LogP contribution in [0.25, 0.3) is 0 Å². The maximum absolute atomic E-state index is 11.9. The van der Waals surface area contributed by atoms with Gasteiger partial charge in [-0.2, -0.15) is 20.5 Å². The molecule has 0 aliphatic heterocycles. The van der Waals surface area contributed by atoms with Crippen LogP contribution < -0.4 is 9.64 Å². The van der Waals surface area contributed by atoms with Crippen LogP contribution in [-0.4, -0.2) is 25.3 Å². The minimum Gasteiger partial charge on any atom is -0.455 e. The average molecular weight is 558 g/mol. The smallest absolute Gasteiger partial charge is 0.308 e. The Morgan fingerprint density at radius 2 is 1.12 bits per heavy atom. The van der Waals surface area contributed by atoms with E-state index in [1.165, 1.54) is 24.9 Å². The van der Waals surface area contributed by atoms with E-state index in [4.69, 9.17) is 9.47 Å². The second-order valence-electron chi connectivity index (χ2n) is 9.69. The van der Waals surface area contributed by atoms with Gasteiger partial charge in [-0.05, 0) is 93.1 Å². The van der Waals surface area contributed by atoms with E-state index < -0.39 is 6.29 Å². The molecule has 0 saturated heterocycles. The first-order valence-electron chi connectivity index (χ1n) is 14.8. The summed E-state index contributed by atoms with van der Waals surface area (Å²) in [6.45, 7) is 10.2. The molecule has 8 heteroatoms. The van der Waals surface area contributed by atoms with Gasteiger partial charge in [0, 0.05) is 31.6 Å². The van der Waals surface area contributed by atoms with E-state index in [1.807, 2.05) is 60.7 Å². The van der Waals surface area contributed by atoms with Crippen LogP contribution >= 0.6 is 0 Å². The molecular formula is C33H43N5O3. The number of hydrogen-bond acceptors (Lipinski definition) is 8. The Labute approximate surface area is 244 Å². The standard InChI is InChI=1S/C33H43N5O3/c1-5-9-10-11-12-13-33(41-32(39)6-2)40-31-24-20-29(21-25-31)37-35-27-16-14-26(15-17-27)34-36-28-18-22-30(23-19-28)38(7-3)8-4/h14-25,33H,5-13H2,1-4H3/b36-34+,37-35+. The average Bonchev–Trinajstić information content (AvgIpc) is 3.01. The van der Waals surface area contributed by atoms with Crippen LogP contribution in [-0.2, 0) is 9.53 Å². The number of carbonyl (C=O) groups is 1. The van der Waals surface area contributed by atoms with E-state index in [-0.39, 0.29) is 5.97 Å². The number of ether oxygens (including phenoxy) is 2. The Balaban J connectivity index is 1.53. The maximum Gasteiger partial charge on any atom is 0.308 e. The first kappa shape index (κ1) is 31.5. The van der Waals surface area contributed by atoms with Gasteiger partial charge in [-0.25, -0.2) is 0 Å². The first-order chi connectivity index (χ1) is 20.0. The van der Waals surface area contributed by atoms with E-state index in [2.05, 4.69) is 58.3 Å². The molecule has 41 heavy (non-hydrogen) atoms. The van der Waals surface area contributed by atoms with Crippen molar-refractivity contribution in [2.75, 3.05) is 18.0 Å². The number of benzene rings is 3. The predicted octanol–water partition coefficient (Wildman–Crippen LogP) is 10.4. The van der Waals surface area contributed by atoms with E-state index in [0.717, 1.165) is 37.3 Å². The molecule has 3 aromatic rings. The lowest BCUT2D eigenvalue weighted by atomic mass is 10.1. The van der Waals surface area contributed by atoms with Gasteiger partial charge in [0.15, 0.2) is 0 Å². The number of esters is 1. The number of hydrogen-bond donors (Lipinski definition) is 0. The van der Waals surface area contributed by atoms with Gasteiger partial charge in [0.1, 0.15) is 5.75 Å². The molecule has 3 rings (SSSR count). The van der Waals surface area contributed by atoms with Crippen LogP contribution in [0.15, 0.2) is 93.3 Å². The summed E-state index contributed by atoms with van der Waals surface area (Å²) in [7, 11) is 0. The highest BCUT2D eigenvalue weighted by molar-refractivity contribution is 5.69. The summed E-state index contributed by atoms with van der Waals surface area (Å²) in [6.07, 6.45) is 6.07. The summed E-state index contributed by atoms with van der Waals surface area (Å²) in [5.74, 6) is 0.370. The molecule has 0 radical (unpaired) electrons. The molecule has 8 nitrogen and oxygen atoms in total. The summed E-state index contributed by atoms with van der Waals surface area (Å²) in [6, 6.07) is 22.8.